The van der Waals surface area contributed by atoms with Gasteiger partial charge in [-0.25, -0.2) is 0 Å². The van der Waals surface area contributed by atoms with Crippen LogP contribution in [0.5, 0.6) is 0 Å². The fourth-order valence-corrected chi connectivity index (χ4v) is 4.10. The fraction of sp³-hybridized carbons (Fsp3) is 0.688. The molecule has 1 atom stereocenters. The van der Waals surface area contributed by atoms with Crippen molar-refractivity contribution in [1.29, 1.82) is 0 Å². The van der Waals surface area contributed by atoms with Crippen LogP contribution in [0.2, 0.25) is 0 Å². The standard InChI is InChI=1S/C16H26N2OS2/c1-2-20-10-7-16(19)17-11-14-5-3-8-18(12-14)13-15-6-4-9-21-15/h4,6,9,14H,2-3,5,7-8,10-13H2,1H3,(H,17,19)/t14-/m1/s1. The van der Waals surface area contributed by atoms with Crippen LogP contribution in [0, 0.1) is 5.92 Å². The van der Waals surface area contributed by atoms with E-state index in [4.69, 9.17) is 0 Å². The van der Waals surface area contributed by atoms with Crippen molar-refractivity contribution in [2.75, 3.05) is 31.1 Å². The van der Waals surface area contributed by atoms with Gasteiger partial charge in [0.2, 0.25) is 5.91 Å². The summed E-state index contributed by atoms with van der Waals surface area (Å²) in [5.74, 6) is 2.86. The number of thioether (sulfide) groups is 1. The Morgan fingerprint density at radius 1 is 1.57 bits per heavy atom. The van der Waals surface area contributed by atoms with E-state index in [1.165, 1.54) is 24.3 Å². The zero-order valence-electron chi connectivity index (χ0n) is 12.8. The molecule has 1 saturated heterocycles. The van der Waals surface area contributed by atoms with E-state index < -0.39 is 0 Å². The highest BCUT2D eigenvalue weighted by Crippen LogP contribution is 2.20. The molecule has 118 valence electrons. The molecule has 0 aromatic carbocycles. The summed E-state index contributed by atoms with van der Waals surface area (Å²) < 4.78 is 0. The van der Waals surface area contributed by atoms with Gasteiger partial charge in [0.1, 0.15) is 0 Å². The van der Waals surface area contributed by atoms with Crippen molar-refractivity contribution in [3.63, 3.8) is 0 Å². The van der Waals surface area contributed by atoms with Crippen LogP contribution in [0.4, 0.5) is 0 Å². The van der Waals surface area contributed by atoms with Crippen molar-refractivity contribution >= 4 is 29.0 Å². The second-order valence-corrected chi connectivity index (χ2v) is 8.00. The summed E-state index contributed by atoms with van der Waals surface area (Å²) in [5.41, 5.74) is 0. The largest absolute Gasteiger partial charge is 0.356 e. The van der Waals surface area contributed by atoms with Crippen molar-refractivity contribution in [2.45, 2.75) is 32.7 Å². The number of nitrogens with one attached hydrogen (secondary N) is 1. The van der Waals surface area contributed by atoms with Crippen LogP contribution >= 0.6 is 23.1 Å². The smallest absolute Gasteiger partial charge is 0.220 e. The van der Waals surface area contributed by atoms with Gasteiger partial charge in [0.05, 0.1) is 0 Å². The molecule has 1 aliphatic rings. The van der Waals surface area contributed by atoms with Gasteiger partial charge >= 0.3 is 0 Å². The molecule has 1 aromatic rings. The molecular weight excluding hydrogens is 300 g/mol. The monoisotopic (exact) mass is 326 g/mol. The Morgan fingerprint density at radius 2 is 2.48 bits per heavy atom. The zero-order valence-corrected chi connectivity index (χ0v) is 14.5. The maximum Gasteiger partial charge on any atom is 0.220 e. The summed E-state index contributed by atoms with van der Waals surface area (Å²) in [7, 11) is 0. The SMILES string of the molecule is CCSCCC(=O)NC[C@H]1CCCN(Cc2cccs2)C1. The number of carbonyl (C=O) groups excluding carboxylic acids is 1. The summed E-state index contributed by atoms with van der Waals surface area (Å²) in [5, 5.41) is 5.26. The topological polar surface area (TPSA) is 32.3 Å². The Labute approximate surface area is 136 Å². The Bertz CT molecular complexity index is 408. The summed E-state index contributed by atoms with van der Waals surface area (Å²) in [6.45, 7) is 6.34. The van der Waals surface area contributed by atoms with E-state index in [9.17, 15) is 4.79 Å². The molecule has 0 bridgehead atoms. The van der Waals surface area contributed by atoms with Gasteiger partial charge < -0.3 is 5.32 Å². The second-order valence-electron chi connectivity index (χ2n) is 5.57. The predicted octanol–water partition coefficient (Wildman–Crippen LogP) is 3.22. The van der Waals surface area contributed by atoms with Crippen LogP contribution in [0.1, 0.15) is 31.1 Å². The molecule has 3 nitrogen and oxygen atoms in total. The molecule has 1 amide bonds. The highest BCUT2D eigenvalue weighted by molar-refractivity contribution is 7.99. The van der Waals surface area contributed by atoms with Crippen molar-refractivity contribution in [2.24, 2.45) is 5.92 Å². The third-order valence-corrected chi connectivity index (χ3v) is 5.59. The van der Waals surface area contributed by atoms with E-state index in [0.717, 1.165) is 31.1 Å². The van der Waals surface area contributed by atoms with Crippen molar-refractivity contribution in [1.82, 2.24) is 10.2 Å². The maximum absolute atomic E-state index is 11.8. The molecule has 0 radical (unpaired) electrons. The van der Waals surface area contributed by atoms with Gasteiger partial charge in [0.15, 0.2) is 0 Å². The van der Waals surface area contributed by atoms with Gasteiger partial charge in [-0.05, 0) is 42.5 Å². The van der Waals surface area contributed by atoms with Crippen molar-refractivity contribution in [3.05, 3.63) is 22.4 Å². The van der Waals surface area contributed by atoms with Gasteiger partial charge in [-0.3, -0.25) is 9.69 Å². The Hall–Kier alpha value is -0.520. The number of nitrogens with zero attached hydrogens (tertiary/aromatic N) is 1. The summed E-state index contributed by atoms with van der Waals surface area (Å²) in [4.78, 5) is 15.7. The first kappa shape index (κ1) is 16.8. The number of piperidine rings is 1. The number of thiophene rings is 1. The highest BCUT2D eigenvalue weighted by atomic mass is 32.2. The molecule has 0 saturated carbocycles. The van der Waals surface area contributed by atoms with Crippen LogP contribution in [0.15, 0.2) is 17.5 Å². The number of hydrogen-bond acceptors (Lipinski definition) is 4. The quantitative estimate of drug-likeness (QED) is 0.745. The molecule has 0 unspecified atom stereocenters. The minimum atomic E-state index is 0.214. The third-order valence-electron chi connectivity index (χ3n) is 3.83. The average molecular weight is 327 g/mol. The van der Waals surface area contributed by atoms with Crippen LogP contribution in [-0.4, -0.2) is 41.9 Å². The molecule has 1 aromatic heterocycles. The average Bonchev–Trinajstić information content (AvgIpc) is 2.99. The second kappa shape index (κ2) is 9.49. The van der Waals surface area contributed by atoms with Crippen LogP contribution in [0.3, 0.4) is 0 Å². The molecule has 5 heteroatoms. The molecule has 21 heavy (non-hydrogen) atoms. The normalized spacial score (nSPS) is 19.6. The molecule has 0 spiro atoms. The Kier molecular flexibility index (Phi) is 7.61. The van der Waals surface area contributed by atoms with Crippen LogP contribution in [-0.2, 0) is 11.3 Å². The Morgan fingerprint density at radius 3 is 3.24 bits per heavy atom. The maximum atomic E-state index is 11.8. The third kappa shape index (κ3) is 6.41. The molecule has 1 aliphatic heterocycles. The molecule has 2 rings (SSSR count). The lowest BCUT2D eigenvalue weighted by Gasteiger charge is -2.32. The van der Waals surface area contributed by atoms with Gasteiger partial charge in [-0.2, -0.15) is 11.8 Å². The minimum Gasteiger partial charge on any atom is -0.356 e. The summed E-state index contributed by atoms with van der Waals surface area (Å²) in [6, 6.07) is 4.33. The van der Waals surface area contributed by atoms with E-state index in [1.54, 1.807) is 0 Å². The van der Waals surface area contributed by atoms with Crippen molar-refractivity contribution < 1.29 is 4.79 Å². The van der Waals surface area contributed by atoms with Crippen LogP contribution < -0.4 is 5.32 Å². The van der Waals surface area contributed by atoms with Gasteiger partial charge in [0.25, 0.3) is 0 Å². The molecule has 1 fully saturated rings. The number of amides is 1. The van der Waals surface area contributed by atoms with E-state index in [1.807, 2.05) is 23.1 Å². The molecule has 2 heterocycles. The Balaban J connectivity index is 1.65. The van der Waals surface area contributed by atoms with Gasteiger partial charge in [-0.1, -0.05) is 13.0 Å². The highest BCUT2D eigenvalue weighted by Gasteiger charge is 2.20. The molecule has 0 aliphatic carbocycles. The predicted molar refractivity (Wildman–Crippen MR) is 92.9 cm³/mol. The lowest BCUT2D eigenvalue weighted by Crippen LogP contribution is -2.40. The minimum absolute atomic E-state index is 0.214. The number of likely N-dealkylation sites (tertiary alicyclic amines) is 1. The zero-order chi connectivity index (χ0) is 14.9. The van der Waals surface area contributed by atoms with E-state index >= 15 is 0 Å². The summed E-state index contributed by atoms with van der Waals surface area (Å²) >= 11 is 3.67. The lowest BCUT2D eigenvalue weighted by molar-refractivity contribution is -0.120. The fourth-order valence-electron chi connectivity index (χ4n) is 2.74. The first-order valence-corrected chi connectivity index (χ1v) is 9.90. The lowest BCUT2D eigenvalue weighted by atomic mass is 9.98. The van der Waals surface area contributed by atoms with E-state index in [0.29, 0.717) is 12.3 Å². The van der Waals surface area contributed by atoms with Crippen molar-refractivity contribution in [3.8, 4) is 0 Å². The number of rotatable bonds is 8. The summed E-state index contributed by atoms with van der Waals surface area (Å²) in [6.07, 6.45) is 3.15. The molecule has 1 N–H and O–H groups in total. The number of carbonyl (C=O) groups is 1. The first-order chi connectivity index (χ1) is 10.3. The van der Waals surface area contributed by atoms with Gasteiger partial charge in [0, 0.05) is 36.7 Å². The van der Waals surface area contributed by atoms with Gasteiger partial charge in [-0.15, -0.1) is 11.3 Å². The van der Waals surface area contributed by atoms with E-state index in [-0.39, 0.29) is 5.91 Å². The molecular formula is C16H26N2OS2. The van der Waals surface area contributed by atoms with E-state index in [2.05, 4.69) is 34.7 Å². The van der Waals surface area contributed by atoms with Crippen LogP contribution in [0.25, 0.3) is 0 Å². The first-order valence-electron chi connectivity index (χ1n) is 7.87. The number of hydrogen-bond donors (Lipinski definition) is 1.